The van der Waals surface area contributed by atoms with Gasteiger partial charge in [-0.2, -0.15) is 0 Å². The summed E-state index contributed by atoms with van der Waals surface area (Å²) in [5.74, 6) is 0.964. The van der Waals surface area contributed by atoms with Gasteiger partial charge in [0.25, 0.3) is 0 Å². The lowest BCUT2D eigenvalue weighted by atomic mass is 10.1. The Balaban J connectivity index is 2.19. The molecule has 0 aromatic heterocycles. The number of hydrogen-bond acceptors (Lipinski definition) is 2. The molecular formula is C10H13NO. The first-order valence-corrected chi connectivity index (χ1v) is 4.28. The number of para-hydroxylation sites is 1. The second kappa shape index (κ2) is 2.79. The standard InChI is InChI=1S/C10H13NO/c11-10-4-2-1-3-8(10)9-5-7(9)6-12/h1-4,7,9,12H,5-6,11H2. The Hall–Kier alpha value is -1.02. The van der Waals surface area contributed by atoms with Crippen molar-refractivity contribution in [3.05, 3.63) is 29.8 Å². The van der Waals surface area contributed by atoms with Crippen molar-refractivity contribution in [1.29, 1.82) is 0 Å². The maximum absolute atomic E-state index is 8.89. The van der Waals surface area contributed by atoms with E-state index in [0.29, 0.717) is 18.4 Å². The van der Waals surface area contributed by atoms with Crippen LogP contribution in [-0.4, -0.2) is 11.7 Å². The van der Waals surface area contributed by atoms with Crippen LogP contribution < -0.4 is 5.73 Å². The van der Waals surface area contributed by atoms with Crippen LogP contribution in [0.1, 0.15) is 17.9 Å². The predicted molar refractivity (Wildman–Crippen MR) is 48.8 cm³/mol. The zero-order valence-electron chi connectivity index (χ0n) is 6.90. The van der Waals surface area contributed by atoms with Gasteiger partial charge in [-0.3, -0.25) is 0 Å². The highest BCUT2D eigenvalue weighted by Gasteiger charge is 2.38. The molecule has 2 nitrogen and oxygen atoms in total. The minimum atomic E-state index is 0.291. The van der Waals surface area contributed by atoms with Crippen LogP contribution >= 0.6 is 0 Å². The van der Waals surface area contributed by atoms with Gasteiger partial charge in [-0.15, -0.1) is 0 Å². The van der Waals surface area contributed by atoms with E-state index in [1.165, 1.54) is 5.56 Å². The van der Waals surface area contributed by atoms with E-state index >= 15 is 0 Å². The van der Waals surface area contributed by atoms with Crippen molar-refractivity contribution in [2.45, 2.75) is 12.3 Å². The first-order chi connectivity index (χ1) is 5.83. The van der Waals surface area contributed by atoms with E-state index in [1.54, 1.807) is 0 Å². The SMILES string of the molecule is Nc1ccccc1C1CC1CO. The van der Waals surface area contributed by atoms with Gasteiger partial charge in [0.15, 0.2) is 0 Å². The fourth-order valence-corrected chi connectivity index (χ4v) is 1.68. The van der Waals surface area contributed by atoms with Gasteiger partial charge in [-0.1, -0.05) is 18.2 Å². The summed E-state index contributed by atoms with van der Waals surface area (Å²) in [6, 6.07) is 7.91. The minimum absolute atomic E-state index is 0.291. The summed E-state index contributed by atoms with van der Waals surface area (Å²) in [7, 11) is 0. The highest BCUT2D eigenvalue weighted by Crippen LogP contribution is 2.48. The van der Waals surface area contributed by atoms with E-state index in [2.05, 4.69) is 6.07 Å². The smallest absolute Gasteiger partial charge is 0.0465 e. The molecule has 64 valence electrons. The van der Waals surface area contributed by atoms with Gasteiger partial charge in [0.2, 0.25) is 0 Å². The number of rotatable bonds is 2. The molecule has 0 bridgehead atoms. The maximum atomic E-state index is 8.89. The molecule has 0 heterocycles. The van der Waals surface area contributed by atoms with Gasteiger partial charge in [0.1, 0.15) is 0 Å². The van der Waals surface area contributed by atoms with Crippen molar-refractivity contribution in [3.8, 4) is 0 Å². The Morgan fingerprint density at radius 3 is 2.75 bits per heavy atom. The van der Waals surface area contributed by atoms with Crippen molar-refractivity contribution >= 4 is 5.69 Å². The van der Waals surface area contributed by atoms with Crippen LogP contribution in [-0.2, 0) is 0 Å². The summed E-state index contributed by atoms with van der Waals surface area (Å²) in [5.41, 5.74) is 7.86. The van der Waals surface area contributed by atoms with Crippen LogP contribution in [0.25, 0.3) is 0 Å². The van der Waals surface area contributed by atoms with Crippen LogP contribution in [0.4, 0.5) is 5.69 Å². The number of hydrogen-bond donors (Lipinski definition) is 2. The van der Waals surface area contributed by atoms with Crippen molar-refractivity contribution in [2.24, 2.45) is 5.92 Å². The molecular weight excluding hydrogens is 150 g/mol. The predicted octanol–water partition coefficient (Wildman–Crippen LogP) is 1.36. The van der Waals surface area contributed by atoms with Crippen LogP contribution in [0.3, 0.4) is 0 Å². The third kappa shape index (κ3) is 1.18. The van der Waals surface area contributed by atoms with E-state index in [-0.39, 0.29) is 0 Å². The first-order valence-electron chi connectivity index (χ1n) is 4.28. The number of benzene rings is 1. The van der Waals surface area contributed by atoms with E-state index in [4.69, 9.17) is 10.8 Å². The molecule has 1 aromatic carbocycles. The summed E-state index contributed by atoms with van der Waals surface area (Å²) in [6.07, 6.45) is 1.09. The van der Waals surface area contributed by atoms with E-state index in [9.17, 15) is 0 Å². The lowest BCUT2D eigenvalue weighted by Crippen LogP contribution is -1.94. The van der Waals surface area contributed by atoms with E-state index in [1.807, 2.05) is 18.2 Å². The first kappa shape index (κ1) is 7.62. The Morgan fingerprint density at radius 1 is 1.42 bits per heavy atom. The summed E-state index contributed by atoms with van der Waals surface area (Å²) in [4.78, 5) is 0. The molecule has 2 atom stereocenters. The quantitative estimate of drug-likeness (QED) is 0.647. The molecule has 0 saturated heterocycles. The second-order valence-corrected chi connectivity index (χ2v) is 3.41. The summed E-state index contributed by atoms with van der Waals surface area (Å²) in [6.45, 7) is 0.291. The molecule has 0 aliphatic heterocycles. The van der Waals surface area contributed by atoms with Gasteiger partial charge in [-0.25, -0.2) is 0 Å². The molecule has 0 radical (unpaired) electrons. The third-order valence-electron chi connectivity index (χ3n) is 2.55. The lowest BCUT2D eigenvalue weighted by molar-refractivity contribution is 0.274. The number of aliphatic hydroxyl groups is 1. The summed E-state index contributed by atoms with van der Waals surface area (Å²) < 4.78 is 0. The Morgan fingerprint density at radius 2 is 2.17 bits per heavy atom. The normalized spacial score (nSPS) is 27.1. The Bertz CT molecular complexity index is 285. The fourth-order valence-electron chi connectivity index (χ4n) is 1.68. The lowest BCUT2D eigenvalue weighted by Gasteiger charge is -2.02. The third-order valence-corrected chi connectivity index (χ3v) is 2.55. The number of nitrogen functional groups attached to an aromatic ring is 1. The van der Waals surface area contributed by atoms with Crippen LogP contribution in [0.15, 0.2) is 24.3 Å². The molecule has 2 rings (SSSR count). The zero-order valence-corrected chi connectivity index (χ0v) is 6.90. The van der Waals surface area contributed by atoms with Crippen LogP contribution in [0.5, 0.6) is 0 Å². The molecule has 1 saturated carbocycles. The van der Waals surface area contributed by atoms with Gasteiger partial charge in [0, 0.05) is 12.3 Å². The van der Waals surface area contributed by atoms with Crippen molar-refractivity contribution in [1.82, 2.24) is 0 Å². The molecule has 3 N–H and O–H groups in total. The molecule has 1 aliphatic carbocycles. The molecule has 2 heteroatoms. The largest absolute Gasteiger partial charge is 0.398 e. The van der Waals surface area contributed by atoms with Gasteiger partial charge in [0.05, 0.1) is 0 Å². The van der Waals surface area contributed by atoms with Crippen LogP contribution in [0, 0.1) is 5.92 Å². The number of nitrogens with two attached hydrogens (primary N) is 1. The summed E-state index contributed by atoms with van der Waals surface area (Å²) >= 11 is 0. The monoisotopic (exact) mass is 163 g/mol. The molecule has 1 fully saturated rings. The fraction of sp³-hybridized carbons (Fsp3) is 0.400. The molecule has 1 aromatic rings. The van der Waals surface area contributed by atoms with Crippen molar-refractivity contribution in [2.75, 3.05) is 12.3 Å². The highest BCUT2D eigenvalue weighted by molar-refractivity contribution is 5.50. The van der Waals surface area contributed by atoms with E-state index < -0.39 is 0 Å². The zero-order chi connectivity index (χ0) is 8.55. The molecule has 2 unspecified atom stereocenters. The average Bonchev–Trinajstić information content (AvgIpc) is 2.84. The van der Waals surface area contributed by atoms with E-state index in [0.717, 1.165) is 12.1 Å². The molecule has 1 aliphatic rings. The highest BCUT2D eigenvalue weighted by atomic mass is 16.3. The minimum Gasteiger partial charge on any atom is -0.398 e. The molecule has 0 amide bonds. The average molecular weight is 163 g/mol. The molecule has 0 spiro atoms. The van der Waals surface area contributed by atoms with Crippen molar-refractivity contribution < 1.29 is 5.11 Å². The summed E-state index contributed by atoms with van der Waals surface area (Å²) in [5, 5.41) is 8.89. The Labute approximate surface area is 72.0 Å². The van der Waals surface area contributed by atoms with Crippen molar-refractivity contribution in [3.63, 3.8) is 0 Å². The second-order valence-electron chi connectivity index (χ2n) is 3.41. The van der Waals surface area contributed by atoms with Gasteiger partial charge >= 0.3 is 0 Å². The van der Waals surface area contributed by atoms with Gasteiger partial charge < -0.3 is 10.8 Å². The molecule has 12 heavy (non-hydrogen) atoms. The topological polar surface area (TPSA) is 46.2 Å². The van der Waals surface area contributed by atoms with Crippen LogP contribution in [0.2, 0.25) is 0 Å². The Kier molecular flexibility index (Phi) is 1.77. The van der Waals surface area contributed by atoms with Gasteiger partial charge in [-0.05, 0) is 29.9 Å². The number of anilines is 1. The number of aliphatic hydroxyl groups excluding tert-OH is 1. The maximum Gasteiger partial charge on any atom is 0.0465 e.